The van der Waals surface area contributed by atoms with Crippen molar-refractivity contribution >= 4 is 22.9 Å². The Morgan fingerprint density at radius 2 is 2.04 bits per heavy atom. The highest BCUT2D eigenvalue weighted by atomic mass is 35.5. The van der Waals surface area contributed by atoms with Crippen molar-refractivity contribution in [1.82, 2.24) is 19.6 Å². The SMILES string of the molecule is OCC[C@@H]1CN(Cc2cnn(-c3ccccc3Cl)c2)CCN1Cc1ccsc1. The van der Waals surface area contributed by atoms with Crippen LogP contribution >= 0.6 is 22.9 Å². The summed E-state index contributed by atoms with van der Waals surface area (Å²) >= 11 is 8.03. The molecule has 1 saturated heterocycles. The number of nitrogens with zero attached hydrogens (tertiary/aromatic N) is 4. The molecule has 4 rings (SSSR count). The maximum Gasteiger partial charge on any atom is 0.0831 e. The summed E-state index contributed by atoms with van der Waals surface area (Å²) in [6.07, 6.45) is 4.78. The van der Waals surface area contributed by atoms with E-state index >= 15 is 0 Å². The molecule has 1 aliphatic heterocycles. The molecule has 0 amide bonds. The van der Waals surface area contributed by atoms with Gasteiger partial charge in [-0.25, -0.2) is 4.68 Å². The maximum atomic E-state index is 9.52. The molecule has 1 fully saturated rings. The van der Waals surface area contributed by atoms with Crippen LogP contribution < -0.4 is 0 Å². The summed E-state index contributed by atoms with van der Waals surface area (Å²) in [5.41, 5.74) is 3.44. The highest BCUT2D eigenvalue weighted by Gasteiger charge is 2.27. The van der Waals surface area contributed by atoms with Crippen LogP contribution in [0.15, 0.2) is 53.5 Å². The first-order chi connectivity index (χ1) is 13.7. The number of para-hydroxylation sites is 1. The maximum absolute atomic E-state index is 9.52. The van der Waals surface area contributed by atoms with Crippen LogP contribution in [0.1, 0.15) is 17.5 Å². The predicted molar refractivity (Wildman–Crippen MR) is 114 cm³/mol. The molecule has 0 saturated carbocycles. The van der Waals surface area contributed by atoms with Crippen molar-refractivity contribution in [3.8, 4) is 5.69 Å². The molecule has 3 aromatic rings. The molecule has 0 bridgehead atoms. The van der Waals surface area contributed by atoms with Crippen LogP contribution in [-0.2, 0) is 13.1 Å². The van der Waals surface area contributed by atoms with E-state index in [1.54, 1.807) is 11.3 Å². The molecule has 2 aromatic heterocycles. The van der Waals surface area contributed by atoms with Crippen LogP contribution in [0, 0.1) is 0 Å². The third kappa shape index (κ3) is 4.64. The highest BCUT2D eigenvalue weighted by molar-refractivity contribution is 7.07. The van der Waals surface area contributed by atoms with E-state index in [1.165, 1.54) is 11.1 Å². The molecular weight excluding hydrogens is 392 g/mol. The van der Waals surface area contributed by atoms with Gasteiger partial charge >= 0.3 is 0 Å². The fourth-order valence-electron chi connectivity index (χ4n) is 3.82. The fraction of sp³-hybridized carbons (Fsp3) is 0.381. The summed E-state index contributed by atoms with van der Waals surface area (Å²) in [4.78, 5) is 4.96. The Hall–Kier alpha value is -1.70. The van der Waals surface area contributed by atoms with Crippen LogP contribution in [0.3, 0.4) is 0 Å². The van der Waals surface area contributed by atoms with Gasteiger partial charge in [-0.2, -0.15) is 16.4 Å². The zero-order chi connectivity index (χ0) is 19.3. The van der Waals surface area contributed by atoms with Gasteiger partial charge in [0.2, 0.25) is 0 Å². The minimum Gasteiger partial charge on any atom is -0.396 e. The van der Waals surface area contributed by atoms with Crippen LogP contribution in [0.5, 0.6) is 0 Å². The summed E-state index contributed by atoms with van der Waals surface area (Å²) in [5.74, 6) is 0. The van der Waals surface area contributed by atoms with E-state index in [2.05, 4.69) is 37.9 Å². The lowest BCUT2D eigenvalue weighted by Gasteiger charge is -2.41. The molecule has 28 heavy (non-hydrogen) atoms. The first-order valence-electron chi connectivity index (χ1n) is 9.59. The average Bonchev–Trinajstić information content (AvgIpc) is 3.37. The Labute approximate surface area is 174 Å². The molecule has 0 radical (unpaired) electrons. The topological polar surface area (TPSA) is 44.5 Å². The summed E-state index contributed by atoms with van der Waals surface area (Å²) in [7, 11) is 0. The Morgan fingerprint density at radius 1 is 1.14 bits per heavy atom. The third-order valence-electron chi connectivity index (χ3n) is 5.26. The Balaban J connectivity index is 1.40. The number of aliphatic hydroxyl groups excluding tert-OH is 1. The molecule has 1 N–H and O–H groups in total. The normalized spacial score (nSPS) is 18.6. The van der Waals surface area contributed by atoms with Gasteiger partial charge in [-0.3, -0.25) is 9.80 Å². The largest absolute Gasteiger partial charge is 0.396 e. The zero-order valence-corrected chi connectivity index (χ0v) is 17.3. The van der Waals surface area contributed by atoms with Gasteiger partial charge in [0.1, 0.15) is 0 Å². The Kier molecular flexibility index (Phi) is 6.44. The molecule has 1 atom stereocenters. The molecule has 5 nitrogen and oxygen atoms in total. The van der Waals surface area contributed by atoms with E-state index in [1.807, 2.05) is 35.1 Å². The summed E-state index contributed by atoms with van der Waals surface area (Å²) in [6.45, 7) is 5.04. The van der Waals surface area contributed by atoms with Gasteiger partial charge in [-0.1, -0.05) is 23.7 Å². The van der Waals surface area contributed by atoms with E-state index in [0.717, 1.165) is 44.8 Å². The number of rotatable bonds is 7. The van der Waals surface area contributed by atoms with Crippen molar-refractivity contribution < 1.29 is 5.11 Å². The van der Waals surface area contributed by atoms with E-state index < -0.39 is 0 Å². The molecular formula is C21H25ClN4OS. The van der Waals surface area contributed by atoms with Crippen LogP contribution in [0.2, 0.25) is 5.02 Å². The molecule has 0 spiro atoms. The second kappa shape index (κ2) is 9.20. The van der Waals surface area contributed by atoms with Crippen molar-refractivity contribution in [2.45, 2.75) is 25.6 Å². The number of aliphatic hydroxyl groups is 1. The quantitative estimate of drug-likeness (QED) is 0.638. The van der Waals surface area contributed by atoms with Crippen LogP contribution in [0.25, 0.3) is 5.69 Å². The molecule has 148 valence electrons. The van der Waals surface area contributed by atoms with Gasteiger partial charge in [-0.15, -0.1) is 0 Å². The number of halogens is 1. The van der Waals surface area contributed by atoms with Gasteiger partial charge in [0.15, 0.2) is 0 Å². The number of piperazine rings is 1. The van der Waals surface area contributed by atoms with E-state index in [0.29, 0.717) is 11.1 Å². The third-order valence-corrected chi connectivity index (χ3v) is 6.31. The fourth-order valence-corrected chi connectivity index (χ4v) is 4.70. The lowest BCUT2D eigenvalue weighted by Crippen LogP contribution is -2.52. The van der Waals surface area contributed by atoms with Gasteiger partial charge in [0, 0.05) is 57.1 Å². The van der Waals surface area contributed by atoms with E-state index in [-0.39, 0.29) is 6.61 Å². The van der Waals surface area contributed by atoms with Crippen molar-refractivity contribution in [3.05, 3.63) is 69.6 Å². The summed E-state index contributed by atoms with van der Waals surface area (Å²) in [5, 5.41) is 19.1. The molecule has 0 unspecified atom stereocenters. The second-order valence-corrected chi connectivity index (χ2v) is 8.44. The second-order valence-electron chi connectivity index (χ2n) is 7.25. The van der Waals surface area contributed by atoms with Gasteiger partial charge in [0.25, 0.3) is 0 Å². The molecule has 1 aliphatic rings. The number of benzene rings is 1. The first kappa shape index (κ1) is 19.6. The first-order valence-corrected chi connectivity index (χ1v) is 10.9. The van der Waals surface area contributed by atoms with Crippen LogP contribution in [-0.4, -0.2) is 57.0 Å². The minimum atomic E-state index is 0.225. The predicted octanol–water partition coefficient (Wildman–Crippen LogP) is 3.66. The van der Waals surface area contributed by atoms with Gasteiger partial charge < -0.3 is 5.11 Å². The van der Waals surface area contributed by atoms with Gasteiger partial charge in [0.05, 0.1) is 16.9 Å². The van der Waals surface area contributed by atoms with Gasteiger partial charge in [-0.05, 0) is 40.9 Å². The molecule has 7 heteroatoms. The Bertz CT molecular complexity index is 882. The van der Waals surface area contributed by atoms with Crippen molar-refractivity contribution in [2.24, 2.45) is 0 Å². The molecule has 0 aliphatic carbocycles. The van der Waals surface area contributed by atoms with E-state index in [4.69, 9.17) is 11.6 Å². The van der Waals surface area contributed by atoms with Crippen molar-refractivity contribution in [1.29, 1.82) is 0 Å². The van der Waals surface area contributed by atoms with Crippen LogP contribution in [0.4, 0.5) is 0 Å². The van der Waals surface area contributed by atoms with Crippen molar-refractivity contribution in [3.63, 3.8) is 0 Å². The lowest BCUT2D eigenvalue weighted by molar-refractivity contribution is 0.0500. The van der Waals surface area contributed by atoms with E-state index in [9.17, 15) is 5.11 Å². The average molecular weight is 417 g/mol. The number of thiophene rings is 1. The van der Waals surface area contributed by atoms with Crippen molar-refractivity contribution in [2.75, 3.05) is 26.2 Å². The monoisotopic (exact) mass is 416 g/mol. The highest BCUT2D eigenvalue weighted by Crippen LogP contribution is 2.22. The Morgan fingerprint density at radius 3 is 2.82 bits per heavy atom. The summed E-state index contributed by atoms with van der Waals surface area (Å²) in [6, 6.07) is 10.3. The molecule has 3 heterocycles. The number of hydrogen-bond acceptors (Lipinski definition) is 5. The number of hydrogen-bond donors (Lipinski definition) is 1. The number of aromatic nitrogens is 2. The summed E-state index contributed by atoms with van der Waals surface area (Å²) < 4.78 is 1.84. The standard InChI is InChI=1S/C21H25ClN4OS/c22-20-3-1-2-4-21(20)26-14-18(11-23-26)12-24-7-8-25(19(15-24)5-9-27)13-17-6-10-28-16-17/h1-4,6,10-11,14,16,19,27H,5,7-9,12-13,15H2/t19-/m1/s1. The minimum absolute atomic E-state index is 0.225. The molecule has 1 aromatic carbocycles. The lowest BCUT2D eigenvalue weighted by atomic mass is 10.1. The zero-order valence-electron chi connectivity index (χ0n) is 15.7. The smallest absolute Gasteiger partial charge is 0.0831 e.